The van der Waals surface area contributed by atoms with Crippen molar-refractivity contribution in [1.82, 2.24) is 9.55 Å². The summed E-state index contributed by atoms with van der Waals surface area (Å²) in [6.07, 6.45) is 4.46. The fraction of sp³-hybridized carbons (Fsp3) is 0.545. The molecule has 0 saturated heterocycles. The number of rotatable bonds is 5. The van der Waals surface area contributed by atoms with E-state index in [9.17, 15) is 4.79 Å². The molecular weight excluding hydrogens is 190 g/mol. The summed E-state index contributed by atoms with van der Waals surface area (Å²) < 4.78 is 1.84. The van der Waals surface area contributed by atoms with Crippen molar-refractivity contribution in [1.29, 1.82) is 5.26 Å². The van der Waals surface area contributed by atoms with Gasteiger partial charge in [-0.2, -0.15) is 5.26 Å². The molecule has 0 saturated carbocycles. The number of Topliss-reactive ketones (excluding diaryl/α,β-unsaturated/α-hetero) is 1. The second kappa shape index (κ2) is 5.30. The standard InChI is InChI=1S/C11H15N3O/c1-3-4-14-8-13-7-10(14)11(15)5-9(2)6-12/h7-9H,3-5H2,1-2H3. The molecule has 1 rings (SSSR count). The fourth-order valence-electron chi connectivity index (χ4n) is 1.40. The van der Waals surface area contributed by atoms with Crippen LogP contribution in [0.1, 0.15) is 37.2 Å². The predicted molar refractivity (Wildman–Crippen MR) is 56.2 cm³/mol. The van der Waals surface area contributed by atoms with Gasteiger partial charge in [-0.05, 0) is 13.3 Å². The highest BCUT2D eigenvalue weighted by Crippen LogP contribution is 2.09. The molecule has 4 nitrogen and oxygen atoms in total. The van der Waals surface area contributed by atoms with E-state index in [1.807, 2.05) is 11.5 Å². The molecule has 0 amide bonds. The van der Waals surface area contributed by atoms with Gasteiger partial charge in [-0.25, -0.2) is 4.98 Å². The van der Waals surface area contributed by atoms with Gasteiger partial charge in [-0.1, -0.05) is 6.92 Å². The lowest BCUT2D eigenvalue weighted by Gasteiger charge is -2.05. The van der Waals surface area contributed by atoms with Gasteiger partial charge in [0.25, 0.3) is 0 Å². The van der Waals surface area contributed by atoms with Crippen molar-refractivity contribution in [2.24, 2.45) is 5.92 Å². The third-order valence-electron chi connectivity index (χ3n) is 2.17. The van der Waals surface area contributed by atoms with Crippen LogP contribution in [0, 0.1) is 17.2 Å². The lowest BCUT2D eigenvalue weighted by Crippen LogP contribution is -2.11. The summed E-state index contributed by atoms with van der Waals surface area (Å²) in [7, 11) is 0. The maximum Gasteiger partial charge on any atom is 0.182 e. The van der Waals surface area contributed by atoms with Crippen molar-refractivity contribution >= 4 is 5.78 Å². The van der Waals surface area contributed by atoms with E-state index in [1.165, 1.54) is 0 Å². The highest BCUT2D eigenvalue weighted by molar-refractivity contribution is 5.94. The molecule has 0 aliphatic heterocycles. The maximum atomic E-state index is 11.8. The fourth-order valence-corrected chi connectivity index (χ4v) is 1.40. The first-order valence-electron chi connectivity index (χ1n) is 5.12. The van der Waals surface area contributed by atoms with E-state index >= 15 is 0 Å². The van der Waals surface area contributed by atoms with E-state index in [0.717, 1.165) is 13.0 Å². The van der Waals surface area contributed by atoms with Crippen LogP contribution >= 0.6 is 0 Å². The van der Waals surface area contributed by atoms with Crippen molar-refractivity contribution < 1.29 is 4.79 Å². The van der Waals surface area contributed by atoms with Crippen LogP contribution in [0.25, 0.3) is 0 Å². The van der Waals surface area contributed by atoms with Gasteiger partial charge in [0.15, 0.2) is 5.78 Å². The van der Waals surface area contributed by atoms with Crippen molar-refractivity contribution in [2.45, 2.75) is 33.2 Å². The molecule has 4 heteroatoms. The topological polar surface area (TPSA) is 58.7 Å². The zero-order valence-electron chi connectivity index (χ0n) is 9.10. The zero-order chi connectivity index (χ0) is 11.3. The van der Waals surface area contributed by atoms with Crippen LogP contribution in [0.5, 0.6) is 0 Å². The summed E-state index contributed by atoms with van der Waals surface area (Å²) in [5, 5.41) is 8.63. The molecule has 1 heterocycles. The van der Waals surface area contributed by atoms with Crippen LogP contribution in [-0.4, -0.2) is 15.3 Å². The highest BCUT2D eigenvalue weighted by atomic mass is 16.1. The van der Waals surface area contributed by atoms with Gasteiger partial charge in [0.05, 0.1) is 24.5 Å². The first kappa shape index (κ1) is 11.4. The van der Waals surface area contributed by atoms with Crippen molar-refractivity contribution in [2.75, 3.05) is 0 Å². The Bertz CT molecular complexity index is 375. The summed E-state index contributed by atoms with van der Waals surface area (Å²) in [5.41, 5.74) is 0.610. The molecule has 1 aromatic heterocycles. The number of carbonyl (C=O) groups excluding carboxylic acids is 1. The number of nitriles is 1. The molecule has 0 bridgehead atoms. The molecule has 80 valence electrons. The Hall–Kier alpha value is -1.63. The molecule has 0 fully saturated rings. The van der Waals surface area contributed by atoms with Crippen molar-refractivity contribution in [3.05, 3.63) is 18.2 Å². The monoisotopic (exact) mass is 205 g/mol. The SMILES string of the molecule is CCCn1cncc1C(=O)CC(C)C#N. The van der Waals surface area contributed by atoms with Gasteiger partial charge < -0.3 is 4.57 Å². The number of ketones is 1. The molecule has 0 aromatic carbocycles. The van der Waals surface area contributed by atoms with Crippen LogP contribution in [0.15, 0.2) is 12.5 Å². The quantitative estimate of drug-likeness (QED) is 0.691. The van der Waals surface area contributed by atoms with Crippen molar-refractivity contribution in [3.63, 3.8) is 0 Å². The van der Waals surface area contributed by atoms with E-state index < -0.39 is 0 Å². The lowest BCUT2D eigenvalue weighted by molar-refractivity contribution is 0.0963. The minimum absolute atomic E-state index is 0.00463. The summed E-state index contributed by atoms with van der Waals surface area (Å²) in [4.78, 5) is 15.7. The summed E-state index contributed by atoms with van der Waals surface area (Å²) in [6.45, 7) is 4.59. The van der Waals surface area contributed by atoms with E-state index in [0.29, 0.717) is 5.69 Å². The number of hydrogen-bond donors (Lipinski definition) is 0. The van der Waals surface area contributed by atoms with E-state index in [2.05, 4.69) is 11.1 Å². The van der Waals surface area contributed by atoms with Gasteiger partial charge in [0, 0.05) is 13.0 Å². The Labute approximate surface area is 89.5 Å². The van der Waals surface area contributed by atoms with Crippen LogP contribution < -0.4 is 0 Å². The maximum absolute atomic E-state index is 11.8. The summed E-state index contributed by atoms with van der Waals surface area (Å²) in [6, 6.07) is 2.06. The number of hydrogen-bond acceptors (Lipinski definition) is 3. The third-order valence-corrected chi connectivity index (χ3v) is 2.17. The average molecular weight is 205 g/mol. The highest BCUT2D eigenvalue weighted by Gasteiger charge is 2.14. The van der Waals surface area contributed by atoms with E-state index in [4.69, 9.17) is 5.26 Å². The number of nitrogens with zero attached hydrogens (tertiary/aromatic N) is 3. The largest absolute Gasteiger partial charge is 0.328 e. The minimum atomic E-state index is -0.234. The Balaban J connectivity index is 2.73. The second-order valence-electron chi connectivity index (χ2n) is 3.63. The molecule has 0 aliphatic carbocycles. The Morgan fingerprint density at radius 3 is 3.07 bits per heavy atom. The van der Waals surface area contributed by atoms with Crippen LogP contribution in [0.4, 0.5) is 0 Å². The van der Waals surface area contributed by atoms with Crippen LogP contribution in [0.3, 0.4) is 0 Å². The second-order valence-corrected chi connectivity index (χ2v) is 3.63. The van der Waals surface area contributed by atoms with Gasteiger partial charge in [-0.3, -0.25) is 4.79 Å². The van der Waals surface area contributed by atoms with Gasteiger partial charge in [-0.15, -0.1) is 0 Å². The number of imidazole rings is 1. The molecule has 0 radical (unpaired) electrons. The average Bonchev–Trinajstić information content (AvgIpc) is 2.66. The molecule has 1 aromatic rings. The molecule has 1 atom stereocenters. The Morgan fingerprint density at radius 2 is 2.47 bits per heavy atom. The Morgan fingerprint density at radius 1 is 1.73 bits per heavy atom. The number of aromatic nitrogens is 2. The minimum Gasteiger partial charge on any atom is -0.328 e. The Kier molecular flexibility index (Phi) is 4.04. The van der Waals surface area contributed by atoms with Gasteiger partial charge in [0.2, 0.25) is 0 Å². The molecule has 0 spiro atoms. The lowest BCUT2D eigenvalue weighted by atomic mass is 10.1. The van der Waals surface area contributed by atoms with E-state index in [-0.39, 0.29) is 18.1 Å². The summed E-state index contributed by atoms with van der Waals surface area (Å²) in [5.74, 6) is -0.238. The normalized spacial score (nSPS) is 12.1. The van der Waals surface area contributed by atoms with Crippen LogP contribution in [-0.2, 0) is 6.54 Å². The molecule has 15 heavy (non-hydrogen) atoms. The molecule has 0 N–H and O–H groups in total. The zero-order valence-corrected chi connectivity index (χ0v) is 9.10. The molecule has 1 unspecified atom stereocenters. The van der Waals surface area contributed by atoms with Crippen LogP contribution in [0.2, 0.25) is 0 Å². The third kappa shape index (κ3) is 2.91. The smallest absolute Gasteiger partial charge is 0.182 e. The first-order valence-corrected chi connectivity index (χ1v) is 5.12. The van der Waals surface area contributed by atoms with E-state index in [1.54, 1.807) is 19.4 Å². The number of aryl methyl sites for hydroxylation is 1. The predicted octanol–water partition coefficient (Wildman–Crippen LogP) is 2.03. The first-order chi connectivity index (χ1) is 7.19. The molecular formula is C11H15N3O. The van der Waals surface area contributed by atoms with Gasteiger partial charge >= 0.3 is 0 Å². The number of carbonyl (C=O) groups is 1. The molecule has 0 aliphatic rings. The summed E-state index contributed by atoms with van der Waals surface area (Å²) >= 11 is 0. The van der Waals surface area contributed by atoms with Crippen molar-refractivity contribution in [3.8, 4) is 6.07 Å². The van der Waals surface area contributed by atoms with Gasteiger partial charge in [0.1, 0.15) is 5.69 Å².